The van der Waals surface area contributed by atoms with Crippen molar-refractivity contribution in [1.29, 1.82) is 0 Å². The summed E-state index contributed by atoms with van der Waals surface area (Å²) in [5.74, 6) is 0. The number of rotatable bonds is 7. The van der Waals surface area contributed by atoms with Crippen molar-refractivity contribution in [2.24, 2.45) is 5.73 Å². The van der Waals surface area contributed by atoms with Crippen LogP contribution in [0.5, 0.6) is 0 Å². The van der Waals surface area contributed by atoms with Crippen LogP contribution < -0.4 is 11.1 Å². The van der Waals surface area contributed by atoms with Crippen molar-refractivity contribution in [2.75, 3.05) is 33.7 Å². The minimum absolute atomic E-state index is 0.377. The summed E-state index contributed by atoms with van der Waals surface area (Å²) in [5, 5.41) is 3.48. The van der Waals surface area contributed by atoms with Crippen molar-refractivity contribution >= 4 is 0 Å². The average Bonchev–Trinajstić information content (AvgIpc) is 2.28. The van der Waals surface area contributed by atoms with Gasteiger partial charge in [0.05, 0.1) is 0 Å². The van der Waals surface area contributed by atoms with E-state index >= 15 is 0 Å². The van der Waals surface area contributed by atoms with Crippen molar-refractivity contribution in [1.82, 2.24) is 10.2 Å². The molecule has 0 aliphatic heterocycles. The minimum atomic E-state index is 0.377. The molecule has 0 aliphatic rings. The van der Waals surface area contributed by atoms with Crippen LogP contribution in [0.15, 0.2) is 30.3 Å². The lowest BCUT2D eigenvalue weighted by Crippen LogP contribution is -2.41. The zero-order valence-corrected chi connectivity index (χ0v) is 10.3. The SMILES string of the molecule is CN(C)CCNC(CN)Cc1ccccc1. The molecule has 3 N–H and O–H groups in total. The Bertz CT molecular complexity index is 272. The summed E-state index contributed by atoms with van der Waals surface area (Å²) in [6, 6.07) is 10.9. The van der Waals surface area contributed by atoms with Crippen LogP contribution >= 0.6 is 0 Å². The molecule has 1 unspecified atom stereocenters. The van der Waals surface area contributed by atoms with Gasteiger partial charge in [-0.2, -0.15) is 0 Å². The van der Waals surface area contributed by atoms with Crippen molar-refractivity contribution in [3.05, 3.63) is 35.9 Å². The van der Waals surface area contributed by atoms with E-state index in [0.717, 1.165) is 19.5 Å². The molecule has 0 saturated carbocycles. The first kappa shape index (κ1) is 13.2. The van der Waals surface area contributed by atoms with Gasteiger partial charge in [0.1, 0.15) is 0 Å². The molecule has 1 aromatic rings. The van der Waals surface area contributed by atoms with Crippen LogP contribution in [0.4, 0.5) is 0 Å². The summed E-state index contributed by atoms with van der Waals surface area (Å²) >= 11 is 0. The Morgan fingerprint density at radius 2 is 1.94 bits per heavy atom. The number of nitrogens with zero attached hydrogens (tertiary/aromatic N) is 1. The van der Waals surface area contributed by atoms with Crippen molar-refractivity contribution in [2.45, 2.75) is 12.5 Å². The number of nitrogens with two attached hydrogens (primary N) is 1. The van der Waals surface area contributed by atoms with Gasteiger partial charge in [0.15, 0.2) is 0 Å². The number of hydrogen-bond donors (Lipinski definition) is 2. The summed E-state index contributed by atoms with van der Waals surface area (Å²) in [7, 11) is 4.16. The molecule has 0 amide bonds. The first-order valence-corrected chi connectivity index (χ1v) is 5.84. The Balaban J connectivity index is 2.32. The Morgan fingerprint density at radius 1 is 1.25 bits per heavy atom. The largest absolute Gasteiger partial charge is 0.329 e. The van der Waals surface area contributed by atoms with Crippen LogP contribution in [-0.4, -0.2) is 44.7 Å². The highest BCUT2D eigenvalue weighted by Gasteiger charge is 2.06. The molecular formula is C13H23N3. The summed E-state index contributed by atoms with van der Waals surface area (Å²) in [6.07, 6.45) is 1.00. The predicted octanol–water partition coefficient (Wildman–Crippen LogP) is 0.708. The first-order chi connectivity index (χ1) is 7.72. The maximum Gasteiger partial charge on any atom is 0.0231 e. The zero-order valence-electron chi connectivity index (χ0n) is 10.3. The van der Waals surface area contributed by atoms with E-state index < -0.39 is 0 Å². The fraction of sp³-hybridized carbons (Fsp3) is 0.538. The van der Waals surface area contributed by atoms with Gasteiger partial charge >= 0.3 is 0 Å². The average molecular weight is 221 g/mol. The smallest absolute Gasteiger partial charge is 0.0231 e. The first-order valence-electron chi connectivity index (χ1n) is 5.84. The fourth-order valence-corrected chi connectivity index (χ4v) is 1.63. The van der Waals surface area contributed by atoms with Crippen LogP contribution in [0.25, 0.3) is 0 Å². The van der Waals surface area contributed by atoms with Gasteiger partial charge < -0.3 is 16.0 Å². The Hall–Kier alpha value is -0.900. The van der Waals surface area contributed by atoms with Gasteiger partial charge in [0, 0.05) is 25.7 Å². The normalized spacial score (nSPS) is 13.0. The van der Waals surface area contributed by atoms with Crippen LogP contribution in [0.1, 0.15) is 5.56 Å². The molecule has 0 spiro atoms. The molecule has 0 bridgehead atoms. The van der Waals surface area contributed by atoms with Gasteiger partial charge in [-0.05, 0) is 26.1 Å². The Morgan fingerprint density at radius 3 is 2.50 bits per heavy atom. The van der Waals surface area contributed by atoms with Crippen molar-refractivity contribution in [3.8, 4) is 0 Å². The van der Waals surface area contributed by atoms with Gasteiger partial charge in [-0.15, -0.1) is 0 Å². The summed E-state index contributed by atoms with van der Waals surface area (Å²) in [5.41, 5.74) is 7.10. The van der Waals surface area contributed by atoms with E-state index in [-0.39, 0.29) is 0 Å². The highest BCUT2D eigenvalue weighted by Crippen LogP contribution is 2.02. The van der Waals surface area contributed by atoms with Gasteiger partial charge in [-0.1, -0.05) is 30.3 Å². The van der Waals surface area contributed by atoms with Gasteiger partial charge in [0.25, 0.3) is 0 Å². The summed E-state index contributed by atoms with van der Waals surface area (Å²) < 4.78 is 0. The third kappa shape index (κ3) is 5.26. The van der Waals surface area contributed by atoms with Gasteiger partial charge in [0.2, 0.25) is 0 Å². The van der Waals surface area contributed by atoms with E-state index in [2.05, 4.69) is 48.6 Å². The summed E-state index contributed by atoms with van der Waals surface area (Å²) in [6.45, 7) is 2.72. The molecular weight excluding hydrogens is 198 g/mol. The van der Waals surface area contributed by atoms with Crippen LogP contribution in [-0.2, 0) is 6.42 Å². The van der Waals surface area contributed by atoms with Crippen molar-refractivity contribution < 1.29 is 0 Å². The maximum atomic E-state index is 5.76. The molecule has 0 fully saturated rings. The molecule has 0 radical (unpaired) electrons. The molecule has 0 heterocycles. The molecule has 1 aromatic carbocycles. The lowest BCUT2D eigenvalue weighted by Gasteiger charge is -2.18. The van der Waals surface area contributed by atoms with Gasteiger partial charge in [-0.3, -0.25) is 0 Å². The third-order valence-corrected chi connectivity index (χ3v) is 2.60. The molecule has 3 nitrogen and oxygen atoms in total. The lowest BCUT2D eigenvalue weighted by atomic mass is 10.1. The van der Waals surface area contributed by atoms with Crippen LogP contribution in [0.3, 0.4) is 0 Å². The fourth-order valence-electron chi connectivity index (χ4n) is 1.63. The second-order valence-corrected chi connectivity index (χ2v) is 4.38. The number of likely N-dealkylation sites (N-methyl/N-ethyl adjacent to an activating group) is 1. The van der Waals surface area contributed by atoms with Gasteiger partial charge in [-0.25, -0.2) is 0 Å². The lowest BCUT2D eigenvalue weighted by molar-refractivity contribution is 0.383. The van der Waals surface area contributed by atoms with E-state index in [1.165, 1.54) is 5.56 Å². The topological polar surface area (TPSA) is 41.3 Å². The van der Waals surface area contributed by atoms with E-state index in [0.29, 0.717) is 12.6 Å². The molecule has 0 aliphatic carbocycles. The number of nitrogens with one attached hydrogen (secondary N) is 1. The van der Waals surface area contributed by atoms with E-state index in [4.69, 9.17) is 5.73 Å². The van der Waals surface area contributed by atoms with E-state index in [1.54, 1.807) is 0 Å². The molecule has 1 rings (SSSR count). The van der Waals surface area contributed by atoms with Crippen LogP contribution in [0.2, 0.25) is 0 Å². The molecule has 1 atom stereocenters. The van der Waals surface area contributed by atoms with Crippen molar-refractivity contribution in [3.63, 3.8) is 0 Å². The molecule has 16 heavy (non-hydrogen) atoms. The maximum absolute atomic E-state index is 5.76. The minimum Gasteiger partial charge on any atom is -0.329 e. The molecule has 90 valence electrons. The quantitative estimate of drug-likeness (QED) is 0.712. The number of hydrogen-bond acceptors (Lipinski definition) is 3. The highest BCUT2D eigenvalue weighted by molar-refractivity contribution is 5.15. The monoisotopic (exact) mass is 221 g/mol. The summed E-state index contributed by atoms with van der Waals surface area (Å²) in [4.78, 5) is 2.17. The van der Waals surface area contributed by atoms with Crippen LogP contribution in [0, 0.1) is 0 Å². The molecule has 0 aromatic heterocycles. The van der Waals surface area contributed by atoms with E-state index in [1.807, 2.05) is 6.07 Å². The number of benzene rings is 1. The molecule has 3 heteroatoms. The zero-order chi connectivity index (χ0) is 11.8. The predicted molar refractivity (Wildman–Crippen MR) is 69.5 cm³/mol. The molecule has 0 saturated heterocycles. The van der Waals surface area contributed by atoms with E-state index in [9.17, 15) is 0 Å². The third-order valence-electron chi connectivity index (χ3n) is 2.60. The standard InChI is InChI=1S/C13H23N3/c1-16(2)9-8-15-13(11-14)10-12-6-4-3-5-7-12/h3-7,13,15H,8-11,14H2,1-2H3. The highest BCUT2D eigenvalue weighted by atomic mass is 15.1. The second kappa shape index (κ2) is 7.39. The Labute approximate surface area is 98.6 Å². The Kier molecular flexibility index (Phi) is 6.08. The second-order valence-electron chi connectivity index (χ2n) is 4.38.